The van der Waals surface area contributed by atoms with Gasteiger partial charge in [0.2, 0.25) is 0 Å². The Hall–Kier alpha value is -2.64. The van der Waals surface area contributed by atoms with Crippen molar-refractivity contribution in [3.05, 3.63) is 91.8 Å². The Morgan fingerprint density at radius 1 is 1.21 bits per heavy atom. The molecule has 0 saturated heterocycles. The molecule has 0 aliphatic heterocycles. The molecule has 0 saturated carbocycles. The summed E-state index contributed by atoms with van der Waals surface area (Å²) >= 11 is 3.45. The molecule has 7 heteroatoms. The van der Waals surface area contributed by atoms with Crippen LogP contribution in [0.1, 0.15) is 35.2 Å². The molecule has 3 atom stereocenters. The summed E-state index contributed by atoms with van der Waals surface area (Å²) in [5.41, 5.74) is 1.01. The lowest BCUT2D eigenvalue weighted by atomic mass is 9.66. The Labute approximate surface area is 176 Å². The highest BCUT2D eigenvalue weighted by Crippen LogP contribution is 2.45. The second kappa shape index (κ2) is 7.65. The van der Waals surface area contributed by atoms with E-state index in [0.29, 0.717) is 11.3 Å². The van der Waals surface area contributed by atoms with Gasteiger partial charge in [-0.2, -0.15) is 0 Å². The molecule has 1 aliphatic rings. The summed E-state index contributed by atoms with van der Waals surface area (Å²) in [4.78, 5) is 25.7. The molecule has 1 aromatic heterocycles. The van der Waals surface area contributed by atoms with Crippen LogP contribution in [0.5, 0.6) is 0 Å². The molecule has 0 spiro atoms. The monoisotopic (exact) mass is 456 g/mol. The van der Waals surface area contributed by atoms with E-state index in [1.807, 2.05) is 54.6 Å². The van der Waals surface area contributed by atoms with Gasteiger partial charge in [0, 0.05) is 28.1 Å². The van der Waals surface area contributed by atoms with Crippen LogP contribution in [-0.4, -0.2) is 26.9 Å². The van der Waals surface area contributed by atoms with Crippen LogP contribution in [0.25, 0.3) is 0 Å². The Kier molecular flexibility index (Phi) is 5.19. The molecule has 4 rings (SSSR count). The predicted octanol–water partition coefficient (Wildman–Crippen LogP) is 3.26. The van der Waals surface area contributed by atoms with Crippen molar-refractivity contribution in [3.8, 4) is 0 Å². The Morgan fingerprint density at radius 3 is 2.69 bits per heavy atom. The number of rotatable bonds is 4. The fourth-order valence-corrected chi connectivity index (χ4v) is 4.55. The fourth-order valence-electron chi connectivity index (χ4n) is 4.13. The number of benzene rings is 2. The smallest absolute Gasteiger partial charge is 0.313 e. The third kappa shape index (κ3) is 3.80. The first-order valence-electron chi connectivity index (χ1n) is 9.34. The standard InChI is InChI=1S/C22H21BrN2O4/c1-22(28)11-16-18(20(26)25-24-16)17(14-8-5-9-15(23)10-14)19(22)21(27)29-12-13-6-3-2-4-7-13/h2-10,17,19,28H,11-12H2,1H3,(H2,24,25,26)/t17-,19+,22+/m1/s1. The van der Waals surface area contributed by atoms with Gasteiger partial charge in [0.15, 0.2) is 0 Å². The number of esters is 1. The summed E-state index contributed by atoms with van der Waals surface area (Å²) < 4.78 is 6.41. The number of nitrogens with one attached hydrogen (secondary N) is 2. The van der Waals surface area contributed by atoms with E-state index >= 15 is 0 Å². The number of H-pyrrole nitrogens is 2. The number of aromatic amines is 2. The molecule has 3 N–H and O–H groups in total. The fraction of sp³-hybridized carbons (Fsp3) is 0.273. The number of aliphatic hydroxyl groups is 1. The SMILES string of the molecule is C[C@]1(O)Cc2[nH][nH]c(=O)c2[C@@H](c2cccc(Br)c2)[C@H]1C(=O)OCc1ccccc1. The number of carbonyl (C=O) groups excluding carboxylic acids is 1. The normalized spacial score (nSPS) is 23.4. The van der Waals surface area contributed by atoms with Crippen LogP contribution in [0.15, 0.2) is 63.9 Å². The molecule has 0 unspecified atom stereocenters. The minimum atomic E-state index is -1.39. The molecular formula is C22H21BrN2O4. The van der Waals surface area contributed by atoms with Crippen molar-refractivity contribution in [2.24, 2.45) is 5.92 Å². The molecule has 150 valence electrons. The van der Waals surface area contributed by atoms with Gasteiger partial charge in [-0.15, -0.1) is 0 Å². The number of aromatic nitrogens is 2. The third-order valence-corrected chi connectivity index (χ3v) is 5.92. The molecule has 1 aliphatic carbocycles. The van der Waals surface area contributed by atoms with Gasteiger partial charge in [0.25, 0.3) is 5.56 Å². The van der Waals surface area contributed by atoms with Crippen molar-refractivity contribution in [1.82, 2.24) is 10.2 Å². The molecule has 0 amide bonds. The van der Waals surface area contributed by atoms with Crippen molar-refractivity contribution in [1.29, 1.82) is 0 Å². The molecular weight excluding hydrogens is 436 g/mol. The second-order valence-corrected chi connectivity index (χ2v) is 8.52. The maximum absolute atomic E-state index is 13.2. The minimum Gasteiger partial charge on any atom is -0.460 e. The van der Waals surface area contributed by atoms with E-state index in [9.17, 15) is 14.7 Å². The maximum Gasteiger partial charge on any atom is 0.313 e. The first-order valence-corrected chi connectivity index (χ1v) is 10.1. The van der Waals surface area contributed by atoms with Crippen molar-refractivity contribution in [2.75, 3.05) is 0 Å². The van der Waals surface area contributed by atoms with E-state index in [1.165, 1.54) is 0 Å². The van der Waals surface area contributed by atoms with Gasteiger partial charge >= 0.3 is 5.97 Å². The highest BCUT2D eigenvalue weighted by atomic mass is 79.9. The van der Waals surface area contributed by atoms with E-state index in [4.69, 9.17) is 4.74 Å². The number of fused-ring (bicyclic) bond motifs is 1. The molecule has 3 aromatic rings. The van der Waals surface area contributed by atoms with Gasteiger partial charge in [0.1, 0.15) is 6.61 Å². The summed E-state index contributed by atoms with van der Waals surface area (Å²) in [7, 11) is 0. The largest absolute Gasteiger partial charge is 0.460 e. The molecule has 29 heavy (non-hydrogen) atoms. The van der Waals surface area contributed by atoms with Crippen LogP contribution in [-0.2, 0) is 22.6 Å². The Balaban J connectivity index is 1.75. The molecule has 2 aromatic carbocycles. The maximum atomic E-state index is 13.2. The van der Waals surface area contributed by atoms with E-state index in [2.05, 4.69) is 26.1 Å². The first-order chi connectivity index (χ1) is 13.9. The van der Waals surface area contributed by atoms with E-state index in [0.717, 1.165) is 15.6 Å². The molecule has 6 nitrogen and oxygen atoms in total. The average molecular weight is 457 g/mol. The molecule has 0 fully saturated rings. The Morgan fingerprint density at radius 2 is 1.97 bits per heavy atom. The number of hydrogen-bond donors (Lipinski definition) is 3. The van der Waals surface area contributed by atoms with Crippen LogP contribution < -0.4 is 5.56 Å². The van der Waals surface area contributed by atoms with E-state index < -0.39 is 23.4 Å². The minimum absolute atomic E-state index is 0.105. The van der Waals surface area contributed by atoms with Crippen molar-refractivity contribution in [3.63, 3.8) is 0 Å². The zero-order chi connectivity index (χ0) is 20.6. The second-order valence-electron chi connectivity index (χ2n) is 7.61. The van der Waals surface area contributed by atoms with Gasteiger partial charge in [0.05, 0.1) is 11.5 Å². The summed E-state index contributed by atoms with van der Waals surface area (Å²) in [6.07, 6.45) is 0.149. The quantitative estimate of drug-likeness (QED) is 0.525. The molecule has 0 radical (unpaired) electrons. The van der Waals surface area contributed by atoms with E-state index in [-0.39, 0.29) is 18.6 Å². The summed E-state index contributed by atoms with van der Waals surface area (Å²) in [6.45, 7) is 1.72. The first kappa shape index (κ1) is 19.7. The zero-order valence-corrected chi connectivity index (χ0v) is 17.4. The van der Waals surface area contributed by atoms with Crippen LogP contribution in [0, 0.1) is 5.92 Å². The lowest BCUT2D eigenvalue weighted by Gasteiger charge is -2.40. The van der Waals surface area contributed by atoms with Crippen molar-refractivity contribution >= 4 is 21.9 Å². The summed E-state index contributed by atoms with van der Waals surface area (Å²) in [5.74, 6) is -2.09. The summed E-state index contributed by atoms with van der Waals surface area (Å²) in [6, 6.07) is 16.8. The van der Waals surface area contributed by atoms with Crippen LogP contribution in [0.4, 0.5) is 0 Å². The van der Waals surface area contributed by atoms with Crippen molar-refractivity contribution < 1.29 is 14.6 Å². The highest BCUT2D eigenvalue weighted by molar-refractivity contribution is 9.10. The number of ether oxygens (including phenoxy) is 1. The zero-order valence-electron chi connectivity index (χ0n) is 15.8. The highest BCUT2D eigenvalue weighted by Gasteiger charge is 2.51. The van der Waals surface area contributed by atoms with Gasteiger partial charge in [-0.1, -0.05) is 58.4 Å². The summed E-state index contributed by atoms with van der Waals surface area (Å²) in [5, 5.41) is 16.7. The molecule has 1 heterocycles. The van der Waals surface area contributed by atoms with Crippen LogP contribution in [0.2, 0.25) is 0 Å². The predicted molar refractivity (Wildman–Crippen MR) is 111 cm³/mol. The number of hydrogen-bond acceptors (Lipinski definition) is 4. The molecule has 0 bridgehead atoms. The van der Waals surface area contributed by atoms with Gasteiger partial charge in [-0.25, -0.2) is 0 Å². The van der Waals surface area contributed by atoms with Crippen LogP contribution in [0.3, 0.4) is 0 Å². The topological polar surface area (TPSA) is 95.2 Å². The lowest BCUT2D eigenvalue weighted by Crippen LogP contribution is -2.50. The third-order valence-electron chi connectivity index (χ3n) is 5.43. The van der Waals surface area contributed by atoms with Crippen molar-refractivity contribution in [2.45, 2.75) is 31.5 Å². The average Bonchev–Trinajstić information content (AvgIpc) is 3.05. The van der Waals surface area contributed by atoms with Gasteiger partial charge in [-0.05, 0) is 30.2 Å². The van der Waals surface area contributed by atoms with E-state index in [1.54, 1.807) is 6.92 Å². The number of carbonyl (C=O) groups is 1. The van der Waals surface area contributed by atoms with Gasteiger partial charge < -0.3 is 14.9 Å². The van der Waals surface area contributed by atoms with Crippen LogP contribution >= 0.6 is 15.9 Å². The Bertz CT molecular complexity index is 1090. The van der Waals surface area contributed by atoms with Gasteiger partial charge in [-0.3, -0.25) is 14.7 Å². The number of halogens is 1. The lowest BCUT2D eigenvalue weighted by molar-refractivity contribution is -0.161.